The zero-order chi connectivity index (χ0) is 75.1. The summed E-state index contributed by atoms with van der Waals surface area (Å²) in [6.07, 6.45) is 62.5. The number of hydrogen-bond acceptors (Lipinski definition) is 15. The molecule has 0 spiro atoms. The first-order chi connectivity index (χ1) is 49.2. The van der Waals surface area contributed by atoms with Crippen LogP contribution in [0, 0.1) is 17.8 Å². The number of phosphoric ester groups is 2. The fraction of sp³-hybridized carbons (Fsp3) is 0.952. The fourth-order valence-corrected chi connectivity index (χ4v) is 14.4. The third kappa shape index (κ3) is 76.3. The standard InChI is InChI=1S/C83H162O17P2/c1-8-9-10-11-12-13-14-15-16-17-18-19-20-21-24-31-36-45-52-59-66-82(87)99-78(70-93-80(85)64-57-50-43-35-30-25-22-23-28-33-40-47-54-61-74(2)3)72-97-101(89,90)95-68-77(84)69-96-102(91,92)98-73-79(71-94-81(86)65-58-51-44-39-38-42-49-56-63-76(6)7)100-83(88)67-60-53-46-37-32-27-26-29-34-41-48-55-62-75(4)5/h74-79,84H,8-73H2,1-7H3,(H,89,90)(H,91,92)/t77-,78-,79-/m1/s1. The molecule has 2 unspecified atom stereocenters. The molecule has 17 nitrogen and oxygen atoms in total. The van der Waals surface area contributed by atoms with E-state index in [1.165, 1.54) is 244 Å². The molecule has 3 N–H and O–H groups in total. The number of rotatable bonds is 81. The lowest BCUT2D eigenvalue weighted by Gasteiger charge is -2.21. The van der Waals surface area contributed by atoms with Crippen molar-refractivity contribution in [2.75, 3.05) is 39.6 Å². The molecule has 102 heavy (non-hydrogen) atoms. The minimum absolute atomic E-state index is 0.106. The van der Waals surface area contributed by atoms with Gasteiger partial charge in [0.2, 0.25) is 0 Å². The van der Waals surface area contributed by atoms with E-state index in [1.54, 1.807) is 0 Å². The van der Waals surface area contributed by atoms with Gasteiger partial charge in [-0.1, -0.05) is 382 Å². The average molecular weight is 1490 g/mol. The van der Waals surface area contributed by atoms with E-state index in [2.05, 4.69) is 48.5 Å². The molecule has 0 aromatic carbocycles. The number of phosphoric acid groups is 2. The van der Waals surface area contributed by atoms with Gasteiger partial charge in [0.1, 0.15) is 19.3 Å². The van der Waals surface area contributed by atoms with Crippen LogP contribution in [0.5, 0.6) is 0 Å². The van der Waals surface area contributed by atoms with Gasteiger partial charge in [-0.25, -0.2) is 9.13 Å². The lowest BCUT2D eigenvalue weighted by Crippen LogP contribution is -2.30. The Morgan fingerprint density at radius 1 is 0.265 bits per heavy atom. The lowest BCUT2D eigenvalue weighted by atomic mass is 10.0. The topological polar surface area (TPSA) is 237 Å². The Hall–Kier alpha value is -1.94. The predicted octanol–water partition coefficient (Wildman–Crippen LogP) is 24.9. The molecule has 0 amide bonds. The summed E-state index contributed by atoms with van der Waals surface area (Å²) in [7, 11) is -9.92. The Kier molecular flexibility index (Phi) is 71.8. The van der Waals surface area contributed by atoms with E-state index in [-0.39, 0.29) is 25.7 Å². The van der Waals surface area contributed by atoms with Crippen LogP contribution in [0.25, 0.3) is 0 Å². The van der Waals surface area contributed by atoms with Crippen molar-refractivity contribution in [2.24, 2.45) is 17.8 Å². The second kappa shape index (κ2) is 73.2. The van der Waals surface area contributed by atoms with E-state index in [4.69, 9.17) is 37.0 Å². The highest BCUT2D eigenvalue weighted by Crippen LogP contribution is 2.45. The molecular weight excluding hydrogens is 1330 g/mol. The van der Waals surface area contributed by atoms with Crippen LogP contribution in [0.4, 0.5) is 0 Å². The number of esters is 4. The van der Waals surface area contributed by atoms with Crippen LogP contribution >= 0.6 is 15.6 Å². The van der Waals surface area contributed by atoms with Gasteiger partial charge in [0.05, 0.1) is 26.4 Å². The molecule has 606 valence electrons. The van der Waals surface area contributed by atoms with Crippen molar-refractivity contribution in [3.05, 3.63) is 0 Å². The van der Waals surface area contributed by atoms with Crippen LogP contribution in [-0.2, 0) is 65.4 Å². The second-order valence-electron chi connectivity index (χ2n) is 31.3. The van der Waals surface area contributed by atoms with E-state index in [0.29, 0.717) is 25.7 Å². The Morgan fingerprint density at radius 2 is 0.451 bits per heavy atom. The van der Waals surface area contributed by atoms with Gasteiger partial charge >= 0.3 is 39.5 Å². The Bertz CT molecular complexity index is 1970. The molecule has 0 radical (unpaired) electrons. The van der Waals surface area contributed by atoms with Crippen LogP contribution in [0.2, 0.25) is 0 Å². The SMILES string of the molecule is CCCCCCCCCCCCCCCCCCCCCCC(=O)O[C@H](COC(=O)CCCCCCCCCCCCCCCC(C)C)COP(=O)(O)OC[C@@H](O)COP(=O)(O)OC[C@@H](COC(=O)CCCCCCCCCCC(C)C)OC(=O)CCCCCCCCCCCCCCC(C)C. The Labute approximate surface area is 626 Å². The molecule has 5 atom stereocenters. The molecule has 0 saturated heterocycles. The summed E-state index contributed by atoms with van der Waals surface area (Å²) in [5, 5.41) is 10.7. The minimum atomic E-state index is -4.96. The number of unbranched alkanes of at least 4 members (excludes halogenated alkanes) is 49. The maximum atomic E-state index is 13.1. The van der Waals surface area contributed by atoms with Crippen molar-refractivity contribution in [1.82, 2.24) is 0 Å². The van der Waals surface area contributed by atoms with Gasteiger partial charge in [-0.05, 0) is 43.4 Å². The summed E-state index contributed by atoms with van der Waals surface area (Å²) < 4.78 is 68.8. The summed E-state index contributed by atoms with van der Waals surface area (Å²) >= 11 is 0. The molecule has 0 bridgehead atoms. The summed E-state index contributed by atoms with van der Waals surface area (Å²) in [4.78, 5) is 73.1. The van der Waals surface area contributed by atoms with Crippen LogP contribution in [0.15, 0.2) is 0 Å². The van der Waals surface area contributed by atoms with Crippen molar-refractivity contribution in [2.45, 2.75) is 452 Å². The van der Waals surface area contributed by atoms with Crippen molar-refractivity contribution < 1.29 is 80.2 Å². The molecule has 0 aliphatic carbocycles. The third-order valence-electron chi connectivity index (χ3n) is 19.4. The molecule has 0 aromatic rings. The Morgan fingerprint density at radius 3 is 0.667 bits per heavy atom. The maximum absolute atomic E-state index is 13.1. The van der Waals surface area contributed by atoms with Crippen molar-refractivity contribution >= 4 is 39.5 Å². The van der Waals surface area contributed by atoms with E-state index < -0.39 is 97.5 Å². The van der Waals surface area contributed by atoms with Crippen LogP contribution < -0.4 is 0 Å². The molecule has 19 heteroatoms. The quantitative estimate of drug-likeness (QED) is 0.0222. The van der Waals surface area contributed by atoms with Gasteiger partial charge in [-0.2, -0.15) is 0 Å². The molecule has 0 heterocycles. The largest absolute Gasteiger partial charge is 0.472 e. The van der Waals surface area contributed by atoms with Gasteiger partial charge in [-0.15, -0.1) is 0 Å². The lowest BCUT2D eigenvalue weighted by molar-refractivity contribution is -0.161. The molecular formula is C83H162O17P2. The number of hydrogen-bond donors (Lipinski definition) is 3. The minimum Gasteiger partial charge on any atom is -0.462 e. The van der Waals surface area contributed by atoms with E-state index >= 15 is 0 Å². The number of carbonyl (C=O) groups is 4. The van der Waals surface area contributed by atoms with Gasteiger partial charge in [0.15, 0.2) is 12.2 Å². The Balaban J connectivity index is 5.25. The molecule has 0 aliphatic heterocycles. The number of ether oxygens (including phenoxy) is 4. The molecule has 0 rings (SSSR count). The molecule has 0 fully saturated rings. The van der Waals surface area contributed by atoms with E-state index in [0.717, 1.165) is 108 Å². The fourth-order valence-electron chi connectivity index (χ4n) is 12.8. The number of carbonyl (C=O) groups excluding carboxylic acids is 4. The molecule has 0 saturated carbocycles. The first-order valence-corrected chi connectivity index (χ1v) is 45.8. The van der Waals surface area contributed by atoms with Gasteiger partial charge < -0.3 is 33.8 Å². The van der Waals surface area contributed by atoms with E-state index in [9.17, 15) is 43.2 Å². The number of aliphatic hydroxyl groups is 1. The van der Waals surface area contributed by atoms with Crippen molar-refractivity contribution in [3.8, 4) is 0 Å². The summed E-state index contributed by atoms with van der Waals surface area (Å²) in [5.74, 6) is 0.185. The van der Waals surface area contributed by atoms with E-state index in [1.807, 2.05) is 0 Å². The first kappa shape index (κ1) is 100. The van der Waals surface area contributed by atoms with Crippen LogP contribution in [0.1, 0.15) is 434 Å². The first-order valence-electron chi connectivity index (χ1n) is 42.8. The van der Waals surface area contributed by atoms with Crippen molar-refractivity contribution in [3.63, 3.8) is 0 Å². The predicted molar refractivity (Wildman–Crippen MR) is 418 cm³/mol. The smallest absolute Gasteiger partial charge is 0.462 e. The van der Waals surface area contributed by atoms with Gasteiger partial charge in [-0.3, -0.25) is 37.3 Å². The highest BCUT2D eigenvalue weighted by atomic mass is 31.2. The highest BCUT2D eigenvalue weighted by Gasteiger charge is 2.30. The summed E-state index contributed by atoms with van der Waals surface area (Å²) in [6, 6.07) is 0. The normalized spacial score (nSPS) is 13.9. The monoisotopic (exact) mass is 1490 g/mol. The summed E-state index contributed by atoms with van der Waals surface area (Å²) in [6.45, 7) is 11.9. The van der Waals surface area contributed by atoms with Gasteiger partial charge in [0, 0.05) is 25.7 Å². The average Bonchev–Trinajstić information content (AvgIpc) is 0.911. The highest BCUT2D eigenvalue weighted by molar-refractivity contribution is 7.47. The molecule has 0 aromatic heterocycles. The van der Waals surface area contributed by atoms with Crippen LogP contribution in [0.3, 0.4) is 0 Å². The van der Waals surface area contributed by atoms with Gasteiger partial charge in [0.25, 0.3) is 0 Å². The summed E-state index contributed by atoms with van der Waals surface area (Å²) in [5.41, 5.74) is 0. The number of aliphatic hydroxyl groups excluding tert-OH is 1. The second-order valence-corrected chi connectivity index (χ2v) is 34.2. The zero-order valence-electron chi connectivity index (χ0n) is 67.1. The molecule has 0 aliphatic rings. The van der Waals surface area contributed by atoms with Crippen LogP contribution in [-0.4, -0.2) is 96.7 Å². The third-order valence-corrected chi connectivity index (χ3v) is 21.3. The zero-order valence-corrected chi connectivity index (χ0v) is 68.9. The maximum Gasteiger partial charge on any atom is 0.472 e. The van der Waals surface area contributed by atoms with Crippen molar-refractivity contribution in [1.29, 1.82) is 0 Å².